The van der Waals surface area contributed by atoms with E-state index in [1.165, 1.54) is 64.2 Å². The van der Waals surface area contributed by atoms with Gasteiger partial charge in [-0.3, -0.25) is 14.2 Å². The molecule has 324 valence electrons. The Balaban J connectivity index is 4.47. The zero-order valence-electron chi connectivity index (χ0n) is 36.3. The molecule has 0 bridgehead atoms. The Morgan fingerprint density at radius 2 is 0.964 bits per heavy atom. The van der Waals surface area contributed by atoms with Crippen molar-refractivity contribution in [3.05, 3.63) is 60.8 Å². The Bertz CT molecular complexity index is 1140. The first-order chi connectivity index (χ1) is 27.0. The molecule has 0 N–H and O–H groups in total. The molecule has 0 heterocycles. The lowest BCUT2D eigenvalue weighted by Gasteiger charge is -2.28. The highest BCUT2D eigenvalue weighted by Crippen LogP contribution is 2.38. The predicted molar refractivity (Wildman–Crippen MR) is 231 cm³/mol. The van der Waals surface area contributed by atoms with Gasteiger partial charge in [0.05, 0.1) is 27.7 Å². The fourth-order valence-electron chi connectivity index (χ4n) is 5.51. The van der Waals surface area contributed by atoms with Crippen molar-refractivity contribution in [2.75, 3.05) is 47.5 Å². The first-order valence-electron chi connectivity index (χ1n) is 22.0. The fraction of sp³-hybridized carbons (Fsp3) is 0.739. The SMILES string of the molecule is CCCCC/C=C/C/C=C/C/C=C/CCCCCCC(=O)O[C@H](COC(=O)CCCC/C=C/C/C=C/CCCCCCCC)COP(=O)([O-])OCC[N+](C)(C)C. The number of ether oxygens (including phenoxy) is 2. The van der Waals surface area contributed by atoms with Crippen molar-refractivity contribution in [1.29, 1.82) is 0 Å². The molecule has 0 amide bonds. The molecule has 56 heavy (non-hydrogen) atoms. The van der Waals surface area contributed by atoms with E-state index in [2.05, 4.69) is 74.6 Å². The molecule has 0 spiro atoms. The third-order valence-corrected chi connectivity index (χ3v) is 9.97. The lowest BCUT2D eigenvalue weighted by molar-refractivity contribution is -0.870. The lowest BCUT2D eigenvalue weighted by atomic mass is 10.1. The van der Waals surface area contributed by atoms with Crippen molar-refractivity contribution in [3.63, 3.8) is 0 Å². The highest BCUT2D eigenvalue weighted by Gasteiger charge is 2.21. The minimum atomic E-state index is -4.64. The number of hydrogen-bond donors (Lipinski definition) is 0. The molecular weight excluding hydrogens is 725 g/mol. The van der Waals surface area contributed by atoms with Gasteiger partial charge in [-0.15, -0.1) is 0 Å². The van der Waals surface area contributed by atoms with Crippen LogP contribution in [0.15, 0.2) is 60.8 Å². The van der Waals surface area contributed by atoms with Crippen molar-refractivity contribution < 1.29 is 42.1 Å². The quantitative estimate of drug-likeness (QED) is 0.0198. The van der Waals surface area contributed by atoms with E-state index in [0.717, 1.165) is 64.2 Å². The van der Waals surface area contributed by atoms with Crippen LogP contribution < -0.4 is 4.89 Å². The van der Waals surface area contributed by atoms with Crippen LogP contribution in [-0.4, -0.2) is 70.0 Å². The predicted octanol–water partition coefficient (Wildman–Crippen LogP) is 11.8. The van der Waals surface area contributed by atoms with Gasteiger partial charge >= 0.3 is 11.9 Å². The number of allylic oxidation sites excluding steroid dienone is 10. The number of quaternary nitrogens is 1. The number of esters is 2. The molecule has 0 aliphatic heterocycles. The number of carbonyl (C=O) groups excluding carboxylic acids is 2. The molecule has 10 heteroatoms. The smallest absolute Gasteiger partial charge is 0.306 e. The topological polar surface area (TPSA) is 111 Å². The van der Waals surface area contributed by atoms with Crippen LogP contribution in [-0.2, 0) is 32.7 Å². The van der Waals surface area contributed by atoms with Crippen molar-refractivity contribution in [1.82, 2.24) is 0 Å². The summed E-state index contributed by atoms with van der Waals surface area (Å²) >= 11 is 0. The number of hydrogen-bond acceptors (Lipinski definition) is 8. The van der Waals surface area contributed by atoms with Crippen molar-refractivity contribution in [3.8, 4) is 0 Å². The normalized spacial score (nSPS) is 14.2. The molecule has 0 radical (unpaired) electrons. The van der Waals surface area contributed by atoms with E-state index >= 15 is 0 Å². The number of likely N-dealkylation sites (N-methyl/N-ethyl adjacent to an activating group) is 1. The third-order valence-electron chi connectivity index (χ3n) is 9.01. The van der Waals surface area contributed by atoms with Crippen molar-refractivity contribution >= 4 is 19.8 Å². The van der Waals surface area contributed by atoms with Crippen LogP contribution in [0.3, 0.4) is 0 Å². The van der Waals surface area contributed by atoms with Crippen LogP contribution in [0.25, 0.3) is 0 Å². The Labute approximate surface area is 343 Å². The highest BCUT2D eigenvalue weighted by atomic mass is 31.2. The molecule has 0 fully saturated rings. The second kappa shape index (κ2) is 38.2. The molecule has 0 aromatic carbocycles. The molecule has 1 unspecified atom stereocenters. The number of carbonyl (C=O) groups is 2. The maximum atomic E-state index is 12.7. The van der Waals surface area contributed by atoms with Gasteiger partial charge in [0.1, 0.15) is 19.8 Å². The summed E-state index contributed by atoms with van der Waals surface area (Å²) in [4.78, 5) is 37.5. The molecule has 9 nitrogen and oxygen atoms in total. The van der Waals surface area contributed by atoms with Gasteiger partial charge in [0.2, 0.25) is 0 Å². The van der Waals surface area contributed by atoms with Gasteiger partial charge in [-0.2, -0.15) is 0 Å². The van der Waals surface area contributed by atoms with Gasteiger partial charge in [0, 0.05) is 12.8 Å². The Morgan fingerprint density at radius 1 is 0.554 bits per heavy atom. The maximum Gasteiger partial charge on any atom is 0.306 e. The van der Waals surface area contributed by atoms with Gasteiger partial charge in [-0.25, -0.2) is 0 Å². The molecule has 0 aliphatic carbocycles. The summed E-state index contributed by atoms with van der Waals surface area (Å²) in [5.41, 5.74) is 0. The summed E-state index contributed by atoms with van der Waals surface area (Å²) < 4.78 is 33.8. The van der Waals surface area contributed by atoms with Crippen LogP contribution in [0, 0.1) is 0 Å². The van der Waals surface area contributed by atoms with E-state index in [4.69, 9.17) is 18.5 Å². The minimum Gasteiger partial charge on any atom is -0.756 e. The van der Waals surface area contributed by atoms with Gasteiger partial charge < -0.3 is 27.9 Å². The molecular formula is C46H82NO8P. The monoisotopic (exact) mass is 808 g/mol. The van der Waals surface area contributed by atoms with Crippen LogP contribution in [0.4, 0.5) is 0 Å². The second-order valence-electron chi connectivity index (χ2n) is 15.7. The zero-order valence-corrected chi connectivity index (χ0v) is 37.2. The van der Waals surface area contributed by atoms with Crippen LogP contribution in [0.5, 0.6) is 0 Å². The van der Waals surface area contributed by atoms with Gasteiger partial charge in [-0.1, -0.05) is 132 Å². The molecule has 0 aromatic heterocycles. The maximum absolute atomic E-state index is 12.7. The fourth-order valence-corrected chi connectivity index (χ4v) is 6.24. The summed E-state index contributed by atoms with van der Waals surface area (Å²) in [6.45, 7) is 4.11. The minimum absolute atomic E-state index is 0.0428. The summed E-state index contributed by atoms with van der Waals surface area (Å²) in [6, 6.07) is 0. The van der Waals surface area contributed by atoms with E-state index in [1.54, 1.807) is 0 Å². The first-order valence-corrected chi connectivity index (χ1v) is 23.5. The molecule has 2 atom stereocenters. The Hall–Kier alpha value is -2.29. The van der Waals surface area contributed by atoms with Gasteiger partial charge in [0.25, 0.3) is 7.82 Å². The van der Waals surface area contributed by atoms with Crippen molar-refractivity contribution in [2.45, 2.75) is 174 Å². The van der Waals surface area contributed by atoms with Crippen LogP contribution in [0.2, 0.25) is 0 Å². The van der Waals surface area contributed by atoms with Crippen molar-refractivity contribution in [2.24, 2.45) is 0 Å². The largest absolute Gasteiger partial charge is 0.756 e. The Morgan fingerprint density at radius 3 is 1.50 bits per heavy atom. The summed E-state index contributed by atoms with van der Waals surface area (Å²) in [6.07, 6.45) is 45.3. The van der Waals surface area contributed by atoms with Crippen LogP contribution >= 0.6 is 7.82 Å². The first kappa shape index (κ1) is 53.7. The molecule has 0 saturated heterocycles. The summed E-state index contributed by atoms with van der Waals surface area (Å²) in [5, 5.41) is 0. The van der Waals surface area contributed by atoms with Gasteiger partial charge in [0.15, 0.2) is 6.10 Å². The van der Waals surface area contributed by atoms with E-state index < -0.39 is 32.5 Å². The van der Waals surface area contributed by atoms with E-state index in [9.17, 15) is 19.0 Å². The Kier molecular flexibility index (Phi) is 36.7. The zero-order chi connectivity index (χ0) is 41.4. The molecule has 0 saturated carbocycles. The number of rotatable bonds is 39. The summed E-state index contributed by atoms with van der Waals surface area (Å²) in [7, 11) is 1.12. The highest BCUT2D eigenvalue weighted by molar-refractivity contribution is 7.45. The van der Waals surface area contributed by atoms with Gasteiger partial charge in [-0.05, 0) is 83.5 Å². The number of phosphoric acid groups is 1. The molecule has 0 aromatic rings. The summed E-state index contributed by atoms with van der Waals surface area (Å²) in [5.74, 6) is -0.902. The standard InChI is InChI=1S/C46H82NO8P/c1-6-8-10-12-14-16-18-20-22-23-25-27-29-31-33-35-37-39-46(49)55-44(43-54-56(50,51)53-41-40-47(3,4)5)42-52-45(48)38-36-34-32-30-28-26-24-21-19-17-15-13-11-9-7-2/h14,16,20-22,24-25,27-28,30,44H,6-13,15,17-19,23,26,29,31-43H2,1-5H3/b16-14+,22-20+,24-21+,27-25+,30-28+/t44-/m1/s1. The number of phosphoric ester groups is 1. The van der Waals surface area contributed by atoms with Crippen LogP contribution in [0.1, 0.15) is 168 Å². The number of nitrogens with zero attached hydrogens (tertiary/aromatic N) is 1. The van der Waals surface area contributed by atoms with E-state index in [-0.39, 0.29) is 26.1 Å². The molecule has 0 aliphatic rings. The average Bonchev–Trinajstić information content (AvgIpc) is 3.15. The molecule has 0 rings (SSSR count). The van der Waals surface area contributed by atoms with E-state index in [0.29, 0.717) is 23.9 Å². The lowest BCUT2D eigenvalue weighted by Crippen LogP contribution is -2.37. The second-order valence-corrected chi connectivity index (χ2v) is 17.1. The average molecular weight is 808 g/mol. The van der Waals surface area contributed by atoms with E-state index in [1.807, 2.05) is 21.1 Å². The third kappa shape index (κ3) is 41.3. The number of unbranched alkanes of at least 4 members (excludes halogenated alkanes) is 15.